The minimum Gasteiger partial charge on any atom is -0.378 e. The molecule has 2 aliphatic heterocycles. The summed E-state index contributed by atoms with van der Waals surface area (Å²) in [7, 11) is 0. The van der Waals surface area contributed by atoms with Gasteiger partial charge in [-0.2, -0.15) is 0 Å². The first-order chi connectivity index (χ1) is 14.4. The van der Waals surface area contributed by atoms with Crippen molar-refractivity contribution in [3.05, 3.63) is 58.2 Å². The average Bonchev–Trinajstić information content (AvgIpc) is 3.02. The molecule has 0 N–H and O–H groups in total. The van der Waals surface area contributed by atoms with Crippen LogP contribution in [0.1, 0.15) is 30.7 Å². The first-order valence-corrected chi connectivity index (χ1v) is 11.0. The number of para-hydroxylation sites is 1. The number of rotatable bonds is 2. The summed E-state index contributed by atoms with van der Waals surface area (Å²) in [5.41, 5.74) is 8.12. The quantitative estimate of drug-likeness (QED) is 0.525. The molecular formula is C25H28ClN3O. The van der Waals surface area contributed by atoms with Crippen LogP contribution in [0.3, 0.4) is 0 Å². The fourth-order valence-corrected chi connectivity index (χ4v) is 5.06. The first-order valence-electron chi connectivity index (χ1n) is 10.7. The molecule has 156 valence electrons. The van der Waals surface area contributed by atoms with E-state index in [0.29, 0.717) is 0 Å². The molecule has 5 rings (SSSR count). The second-order valence-corrected chi connectivity index (χ2v) is 9.46. The zero-order chi connectivity index (χ0) is 21.0. The van der Waals surface area contributed by atoms with Crippen LogP contribution in [-0.2, 0) is 10.2 Å². The molecule has 5 heteroatoms. The van der Waals surface area contributed by atoms with Gasteiger partial charge in [0.25, 0.3) is 0 Å². The van der Waals surface area contributed by atoms with Crippen LogP contribution < -0.4 is 9.80 Å². The third-order valence-electron chi connectivity index (χ3n) is 6.62. The summed E-state index contributed by atoms with van der Waals surface area (Å²) in [6.45, 7) is 13.1. The van der Waals surface area contributed by atoms with Gasteiger partial charge in [-0.1, -0.05) is 43.6 Å². The van der Waals surface area contributed by atoms with Gasteiger partial charge >= 0.3 is 0 Å². The number of anilines is 3. The van der Waals surface area contributed by atoms with E-state index in [0.717, 1.165) is 65.7 Å². The monoisotopic (exact) mass is 421 g/mol. The normalized spacial score (nSPS) is 18.2. The largest absolute Gasteiger partial charge is 0.378 e. The van der Waals surface area contributed by atoms with Gasteiger partial charge in [-0.15, -0.1) is 0 Å². The molecule has 0 radical (unpaired) electrons. The van der Waals surface area contributed by atoms with Crippen molar-refractivity contribution >= 4 is 39.6 Å². The van der Waals surface area contributed by atoms with Gasteiger partial charge in [-0.05, 0) is 43.2 Å². The molecule has 0 spiro atoms. The van der Waals surface area contributed by atoms with Gasteiger partial charge in [-0.25, -0.2) is 0 Å². The number of ether oxygens (including phenoxy) is 1. The molecule has 30 heavy (non-hydrogen) atoms. The number of halogens is 1. The van der Waals surface area contributed by atoms with Crippen molar-refractivity contribution < 1.29 is 4.74 Å². The van der Waals surface area contributed by atoms with Crippen LogP contribution in [0, 0.1) is 13.8 Å². The fraction of sp³-hybridized carbons (Fsp3) is 0.400. The lowest BCUT2D eigenvalue weighted by molar-refractivity contribution is 0.122. The number of fused-ring (bicyclic) bond motifs is 2. The Morgan fingerprint density at radius 2 is 1.80 bits per heavy atom. The summed E-state index contributed by atoms with van der Waals surface area (Å²) in [4.78, 5) is 9.81. The topological polar surface area (TPSA) is 28.6 Å². The first kappa shape index (κ1) is 19.7. The predicted molar refractivity (Wildman–Crippen MR) is 126 cm³/mol. The average molecular weight is 422 g/mol. The number of morpholine rings is 1. The summed E-state index contributed by atoms with van der Waals surface area (Å²) in [5.74, 6) is 0. The highest BCUT2D eigenvalue weighted by molar-refractivity contribution is 6.36. The smallest absolute Gasteiger partial charge is 0.0957 e. The molecule has 0 amide bonds. The van der Waals surface area contributed by atoms with E-state index in [1.165, 1.54) is 16.9 Å². The van der Waals surface area contributed by atoms with E-state index in [-0.39, 0.29) is 5.41 Å². The molecule has 3 aromatic rings. The Morgan fingerprint density at radius 1 is 1.03 bits per heavy atom. The molecule has 0 bridgehead atoms. The Labute approximate surface area is 183 Å². The SMILES string of the molecule is Cc1nc2c(N3CC(C)(C)c4ccc(N5CCOCC5)cc43)cccc2c(Cl)c1C. The van der Waals surface area contributed by atoms with Crippen molar-refractivity contribution in [2.45, 2.75) is 33.1 Å². The summed E-state index contributed by atoms with van der Waals surface area (Å²) < 4.78 is 5.54. The standard InChI is InChI=1S/C25H28ClN3O/c1-16-17(2)27-24-19(23(16)26)6-5-7-21(24)29-15-25(3,4)20-9-8-18(14-22(20)29)28-10-12-30-13-11-28/h5-9,14H,10-13,15H2,1-4H3. The van der Waals surface area contributed by atoms with Gasteiger partial charge in [0.2, 0.25) is 0 Å². The van der Waals surface area contributed by atoms with Crippen LogP contribution in [-0.4, -0.2) is 37.8 Å². The van der Waals surface area contributed by atoms with Crippen molar-refractivity contribution in [2.75, 3.05) is 42.6 Å². The van der Waals surface area contributed by atoms with Crippen molar-refractivity contribution in [1.82, 2.24) is 4.98 Å². The minimum atomic E-state index is 0.0601. The molecule has 4 nitrogen and oxygen atoms in total. The van der Waals surface area contributed by atoms with Crippen LogP contribution >= 0.6 is 11.6 Å². The van der Waals surface area contributed by atoms with Crippen LogP contribution in [0.4, 0.5) is 17.1 Å². The van der Waals surface area contributed by atoms with E-state index < -0.39 is 0 Å². The van der Waals surface area contributed by atoms with Crippen molar-refractivity contribution in [1.29, 1.82) is 0 Å². The number of hydrogen-bond acceptors (Lipinski definition) is 4. The summed E-state index contributed by atoms with van der Waals surface area (Å²) in [5, 5.41) is 1.83. The van der Waals surface area contributed by atoms with E-state index >= 15 is 0 Å². The number of pyridine rings is 1. The van der Waals surface area contributed by atoms with E-state index in [9.17, 15) is 0 Å². The highest BCUT2D eigenvalue weighted by Crippen LogP contribution is 2.47. The highest BCUT2D eigenvalue weighted by Gasteiger charge is 2.37. The molecule has 3 heterocycles. The van der Waals surface area contributed by atoms with E-state index in [1.807, 2.05) is 13.8 Å². The highest BCUT2D eigenvalue weighted by atomic mass is 35.5. The lowest BCUT2D eigenvalue weighted by Gasteiger charge is -2.30. The molecule has 2 aromatic carbocycles. The zero-order valence-corrected chi connectivity index (χ0v) is 18.9. The number of aromatic nitrogens is 1. The van der Waals surface area contributed by atoms with Crippen molar-refractivity contribution in [3.63, 3.8) is 0 Å². The minimum absolute atomic E-state index is 0.0601. The van der Waals surface area contributed by atoms with Gasteiger partial charge < -0.3 is 14.5 Å². The van der Waals surface area contributed by atoms with E-state index in [1.54, 1.807) is 0 Å². The Kier molecular flexibility index (Phi) is 4.68. The maximum atomic E-state index is 6.72. The van der Waals surface area contributed by atoms with Gasteiger partial charge in [0.05, 0.1) is 29.4 Å². The fourth-order valence-electron chi connectivity index (χ4n) is 4.77. The van der Waals surface area contributed by atoms with Gasteiger partial charge in [0.15, 0.2) is 0 Å². The summed E-state index contributed by atoms with van der Waals surface area (Å²) in [6.07, 6.45) is 0. The van der Waals surface area contributed by atoms with Crippen LogP contribution in [0.5, 0.6) is 0 Å². The summed E-state index contributed by atoms with van der Waals surface area (Å²) >= 11 is 6.72. The van der Waals surface area contributed by atoms with Crippen molar-refractivity contribution in [2.24, 2.45) is 0 Å². The second-order valence-electron chi connectivity index (χ2n) is 9.08. The third-order valence-corrected chi connectivity index (χ3v) is 7.11. The van der Waals surface area contributed by atoms with Gasteiger partial charge in [0, 0.05) is 47.5 Å². The molecular weight excluding hydrogens is 394 g/mol. The molecule has 0 aliphatic carbocycles. The predicted octanol–water partition coefficient (Wildman–Crippen LogP) is 5.77. The molecule has 0 atom stereocenters. The summed E-state index contributed by atoms with van der Waals surface area (Å²) in [6, 6.07) is 13.3. The van der Waals surface area contributed by atoms with E-state index in [4.69, 9.17) is 21.3 Å². The Bertz CT molecular complexity index is 1130. The number of hydrogen-bond donors (Lipinski definition) is 0. The van der Waals surface area contributed by atoms with E-state index in [2.05, 4.69) is 60.0 Å². The van der Waals surface area contributed by atoms with Gasteiger partial charge in [0.1, 0.15) is 0 Å². The zero-order valence-electron chi connectivity index (χ0n) is 18.1. The second kappa shape index (κ2) is 7.14. The number of nitrogens with zero attached hydrogens (tertiary/aromatic N) is 3. The van der Waals surface area contributed by atoms with Crippen LogP contribution in [0.2, 0.25) is 5.02 Å². The molecule has 2 aliphatic rings. The van der Waals surface area contributed by atoms with Crippen LogP contribution in [0.15, 0.2) is 36.4 Å². The molecule has 0 saturated carbocycles. The van der Waals surface area contributed by atoms with Crippen LogP contribution in [0.25, 0.3) is 10.9 Å². The maximum Gasteiger partial charge on any atom is 0.0957 e. The third kappa shape index (κ3) is 3.05. The Morgan fingerprint density at radius 3 is 2.57 bits per heavy atom. The lowest BCUT2D eigenvalue weighted by atomic mass is 9.87. The maximum absolute atomic E-state index is 6.72. The Balaban J connectivity index is 1.67. The van der Waals surface area contributed by atoms with Crippen molar-refractivity contribution in [3.8, 4) is 0 Å². The number of aryl methyl sites for hydroxylation is 1. The molecule has 1 saturated heterocycles. The molecule has 1 fully saturated rings. The molecule has 1 aromatic heterocycles. The number of benzene rings is 2. The van der Waals surface area contributed by atoms with Gasteiger partial charge in [-0.3, -0.25) is 4.98 Å². The Hall–Kier alpha value is -2.30. The lowest BCUT2D eigenvalue weighted by Crippen LogP contribution is -2.36. The molecule has 0 unspecified atom stereocenters.